The number of pyridine rings is 1. The van der Waals surface area contributed by atoms with Gasteiger partial charge in [0.15, 0.2) is 0 Å². The summed E-state index contributed by atoms with van der Waals surface area (Å²) in [5.74, 6) is 0.0642. The Kier molecular flexibility index (Phi) is 5.43. The van der Waals surface area contributed by atoms with Gasteiger partial charge in [-0.3, -0.25) is 9.36 Å². The molecule has 9 heteroatoms. The van der Waals surface area contributed by atoms with Gasteiger partial charge in [0.1, 0.15) is 12.1 Å². The van der Waals surface area contributed by atoms with E-state index in [-0.39, 0.29) is 11.3 Å². The summed E-state index contributed by atoms with van der Waals surface area (Å²) in [6.07, 6.45) is 4.83. The number of piperidine rings is 1. The van der Waals surface area contributed by atoms with Crippen LogP contribution in [0.4, 0.5) is 24.5 Å². The molecule has 0 radical (unpaired) electrons. The van der Waals surface area contributed by atoms with Crippen LogP contribution in [0.5, 0.6) is 0 Å². The van der Waals surface area contributed by atoms with Crippen LogP contribution in [-0.4, -0.2) is 33.5 Å². The van der Waals surface area contributed by atoms with Crippen LogP contribution in [0.25, 0.3) is 5.82 Å². The van der Waals surface area contributed by atoms with E-state index in [4.69, 9.17) is 0 Å². The molecule has 1 aromatic carbocycles. The zero-order chi connectivity index (χ0) is 21.1. The van der Waals surface area contributed by atoms with Crippen LogP contribution in [0.15, 0.2) is 55.2 Å². The molecule has 1 amide bonds. The number of carbonyl (C=O) groups excluding carboxylic acids is 1. The summed E-state index contributed by atoms with van der Waals surface area (Å²) in [5, 5.41) is 2.65. The summed E-state index contributed by atoms with van der Waals surface area (Å²) in [7, 11) is 0. The standard InChI is InChI=1S/C21H20F3N5O/c22-21(23,24)16-5-6-18(28-9-2-1-3-10-28)17(12-16)27-20(30)15-4-7-19(26-13-15)29-11-8-25-14-29/h4-8,11-14H,1-3,9-10H2,(H,27,30). The molecule has 1 fully saturated rings. The summed E-state index contributed by atoms with van der Waals surface area (Å²) < 4.78 is 41.4. The zero-order valence-electron chi connectivity index (χ0n) is 16.1. The molecule has 0 bridgehead atoms. The van der Waals surface area contributed by atoms with Crippen LogP contribution >= 0.6 is 0 Å². The van der Waals surface area contributed by atoms with Crippen LogP contribution in [0.1, 0.15) is 35.2 Å². The molecule has 0 atom stereocenters. The molecule has 4 rings (SSSR count). The lowest BCUT2D eigenvalue weighted by Crippen LogP contribution is -2.30. The highest BCUT2D eigenvalue weighted by atomic mass is 19.4. The Morgan fingerprint density at radius 2 is 1.87 bits per heavy atom. The molecule has 6 nitrogen and oxygen atoms in total. The molecular formula is C21H20F3N5O. The van der Waals surface area contributed by atoms with Gasteiger partial charge in [0.2, 0.25) is 0 Å². The molecule has 3 heterocycles. The number of anilines is 2. The third-order valence-electron chi connectivity index (χ3n) is 5.05. The average Bonchev–Trinajstić information content (AvgIpc) is 3.29. The molecule has 1 aliphatic rings. The van der Waals surface area contributed by atoms with Crippen LogP contribution in [0.3, 0.4) is 0 Å². The number of hydrogen-bond acceptors (Lipinski definition) is 4. The maximum atomic E-state index is 13.2. The molecule has 1 aliphatic heterocycles. The highest BCUT2D eigenvalue weighted by Crippen LogP contribution is 2.36. The van der Waals surface area contributed by atoms with Crippen molar-refractivity contribution in [1.29, 1.82) is 0 Å². The number of nitrogens with one attached hydrogen (secondary N) is 1. The van der Waals surface area contributed by atoms with Gasteiger partial charge in [-0.2, -0.15) is 13.2 Å². The van der Waals surface area contributed by atoms with E-state index in [1.54, 1.807) is 35.4 Å². The average molecular weight is 415 g/mol. The Morgan fingerprint density at radius 3 is 2.50 bits per heavy atom. The predicted molar refractivity (Wildman–Crippen MR) is 107 cm³/mol. The minimum absolute atomic E-state index is 0.149. The predicted octanol–water partition coefficient (Wildman–Crippen LogP) is 4.53. The molecule has 3 aromatic rings. The Bertz CT molecular complexity index is 1010. The summed E-state index contributed by atoms with van der Waals surface area (Å²) in [4.78, 5) is 22.9. The van der Waals surface area contributed by atoms with Crippen molar-refractivity contribution in [2.75, 3.05) is 23.3 Å². The summed E-state index contributed by atoms with van der Waals surface area (Å²) in [5.41, 5.74) is 0.197. The van der Waals surface area contributed by atoms with Crippen LogP contribution < -0.4 is 10.2 Å². The Morgan fingerprint density at radius 1 is 1.07 bits per heavy atom. The summed E-state index contributed by atoms with van der Waals surface area (Å²) in [6.45, 7) is 1.49. The number of carbonyl (C=O) groups is 1. The first-order chi connectivity index (χ1) is 14.4. The normalized spacial score (nSPS) is 14.6. The number of imidazole rings is 1. The second-order valence-corrected chi connectivity index (χ2v) is 7.11. The van der Waals surface area contributed by atoms with Gasteiger partial charge >= 0.3 is 6.18 Å². The van der Waals surface area contributed by atoms with Crippen molar-refractivity contribution in [1.82, 2.24) is 14.5 Å². The van der Waals surface area contributed by atoms with Crippen molar-refractivity contribution in [2.45, 2.75) is 25.4 Å². The Hall–Kier alpha value is -3.36. The highest BCUT2D eigenvalue weighted by molar-refractivity contribution is 6.05. The van der Waals surface area contributed by atoms with E-state index in [2.05, 4.69) is 15.3 Å². The lowest BCUT2D eigenvalue weighted by Gasteiger charge is -2.31. The number of aromatic nitrogens is 3. The number of alkyl halides is 3. The number of halogens is 3. The third-order valence-corrected chi connectivity index (χ3v) is 5.05. The second kappa shape index (κ2) is 8.17. The first-order valence-electron chi connectivity index (χ1n) is 9.64. The van der Waals surface area contributed by atoms with Crippen molar-refractivity contribution in [2.24, 2.45) is 0 Å². The SMILES string of the molecule is O=C(Nc1cc(C(F)(F)F)ccc1N1CCCCC1)c1ccc(-n2ccnc2)nc1. The number of amides is 1. The van der Waals surface area contributed by atoms with Gasteiger partial charge in [0.25, 0.3) is 5.91 Å². The van der Waals surface area contributed by atoms with Gasteiger partial charge in [-0.25, -0.2) is 9.97 Å². The summed E-state index contributed by atoms with van der Waals surface area (Å²) in [6, 6.07) is 6.71. The smallest absolute Gasteiger partial charge is 0.370 e. The van der Waals surface area contributed by atoms with Crippen molar-refractivity contribution >= 4 is 17.3 Å². The second-order valence-electron chi connectivity index (χ2n) is 7.11. The van der Waals surface area contributed by atoms with E-state index < -0.39 is 17.6 Å². The fraction of sp³-hybridized carbons (Fsp3) is 0.286. The maximum Gasteiger partial charge on any atom is 0.416 e. The molecule has 1 N–H and O–H groups in total. The van der Waals surface area contributed by atoms with E-state index in [0.717, 1.165) is 44.5 Å². The largest absolute Gasteiger partial charge is 0.416 e. The van der Waals surface area contributed by atoms with Crippen LogP contribution in [0, 0.1) is 0 Å². The molecular weight excluding hydrogens is 395 g/mol. The number of rotatable bonds is 4. The first-order valence-corrected chi connectivity index (χ1v) is 9.64. The van der Waals surface area contributed by atoms with Gasteiger partial charge in [0.05, 0.1) is 22.5 Å². The zero-order valence-corrected chi connectivity index (χ0v) is 16.1. The fourth-order valence-electron chi connectivity index (χ4n) is 3.49. The Labute approximate surface area is 171 Å². The molecule has 1 saturated heterocycles. The minimum Gasteiger partial charge on any atom is -0.370 e. The molecule has 0 spiro atoms. The van der Waals surface area contributed by atoms with Crippen LogP contribution in [-0.2, 0) is 6.18 Å². The molecule has 0 saturated carbocycles. The topological polar surface area (TPSA) is 63.1 Å². The minimum atomic E-state index is -4.49. The van der Waals surface area contributed by atoms with Gasteiger partial charge in [0, 0.05) is 31.7 Å². The van der Waals surface area contributed by atoms with Gasteiger partial charge in [-0.05, 0) is 49.6 Å². The number of benzene rings is 1. The van der Waals surface area contributed by atoms with Gasteiger partial charge < -0.3 is 10.2 Å². The fourth-order valence-corrected chi connectivity index (χ4v) is 3.49. The van der Waals surface area contributed by atoms with Crippen molar-refractivity contribution in [3.8, 4) is 5.82 Å². The lowest BCUT2D eigenvalue weighted by molar-refractivity contribution is -0.137. The number of hydrogen-bond donors (Lipinski definition) is 1. The van der Waals surface area contributed by atoms with Crippen LogP contribution in [0.2, 0.25) is 0 Å². The van der Waals surface area contributed by atoms with Crippen molar-refractivity contribution < 1.29 is 18.0 Å². The molecule has 0 aliphatic carbocycles. The van der Waals surface area contributed by atoms with E-state index in [1.807, 2.05) is 4.90 Å². The summed E-state index contributed by atoms with van der Waals surface area (Å²) >= 11 is 0. The number of nitrogens with zero attached hydrogens (tertiary/aromatic N) is 4. The Balaban J connectivity index is 1.60. The molecule has 30 heavy (non-hydrogen) atoms. The van der Waals surface area contributed by atoms with E-state index in [0.29, 0.717) is 11.5 Å². The van der Waals surface area contributed by atoms with E-state index in [1.165, 1.54) is 12.3 Å². The maximum absolute atomic E-state index is 13.2. The molecule has 2 aromatic heterocycles. The quantitative estimate of drug-likeness (QED) is 0.680. The third kappa shape index (κ3) is 4.29. The molecule has 0 unspecified atom stereocenters. The van der Waals surface area contributed by atoms with Crippen molar-refractivity contribution in [3.05, 3.63) is 66.4 Å². The van der Waals surface area contributed by atoms with E-state index >= 15 is 0 Å². The first kappa shape index (κ1) is 19.9. The monoisotopic (exact) mass is 415 g/mol. The van der Waals surface area contributed by atoms with Gasteiger partial charge in [-0.15, -0.1) is 0 Å². The molecule has 156 valence electrons. The van der Waals surface area contributed by atoms with Crippen molar-refractivity contribution in [3.63, 3.8) is 0 Å². The van der Waals surface area contributed by atoms with Gasteiger partial charge in [-0.1, -0.05) is 0 Å². The van der Waals surface area contributed by atoms with E-state index in [9.17, 15) is 18.0 Å². The highest BCUT2D eigenvalue weighted by Gasteiger charge is 2.32. The lowest BCUT2D eigenvalue weighted by atomic mass is 10.1.